The highest BCUT2D eigenvalue weighted by Crippen LogP contribution is 2.14. The lowest BCUT2D eigenvalue weighted by atomic mass is 10.1. The fraction of sp³-hybridized carbons (Fsp3) is 0.667. The molecule has 22 heavy (non-hydrogen) atoms. The summed E-state index contributed by atoms with van der Waals surface area (Å²) in [6, 6.07) is 0. The minimum absolute atomic E-state index is 0.0398. The second-order valence-corrected chi connectivity index (χ2v) is 5.59. The zero-order chi connectivity index (χ0) is 16.1. The Morgan fingerprint density at radius 1 is 1.23 bits per heavy atom. The SMILES string of the molecule is CCNC(=O)CN1CCN(C(=O)Cc2c(C)noc2C)CC1. The number of amides is 2. The first-order valence-corrected chi connectivity index (χ1v) is 7.69. The number of likely N-dealkylation sites (N-methyl/N-ethyl adjacent to an activating group) is 1. The topological polar surface area (TPSA) is 78.7 Å². The molecule has 0 bridgehead atoms. The number of piperazine rings is 1. The highest BCUT2D eigenvalue weighted by atomic mass is 16.5. The van der Waals surface area contributed by atoms with E-state index in [1.807, 2.05) is 25.7 Å². The predicted molar refractivity (Wildman–Crippen MR) is 81.4 cm³/mol. The van der Waals surface area contributed by atoms with Gasteiger partial charge in [0.1, 0.15) is 5.76 Å². The summed E-state index contributed by atoms with van der Waals surface area (Å²) in [5.74, 6) is 0.839. The first-order valence-electron chi connectivity index (χ1n) is 7.69. The summed E-state index contributed by atoms with van der Waals surface area (Å²) >= 11 is 0. The van der Waals surface area contributed by atoms with Crippen molar-refractivity contribution in [2.75, 3.05) is 39.3 Å². The van der Waals surface area contributed by atoms with Crippen LogP contribution in [0.25, 0.3) is 0 Å². The van der Waals surface area contributed by atoms with Crippen LogP contribution in [0.1, 0.15) is 23.9 Å². The van der Waals surface area contributed by atoms with Crippen molar-refractivity contribution < 1.29 is 14.1 Å². The van der Waals surface area contributed by atoms with Crippen LogP contribution >= 0.6 is 0 Å². The van der Waals surface area contributed by atoms with E-state index in [1.165, 1.54) is 0 Å². The maximum absolute atomic E-state index is 12.4. The van der Waals surface area contributed by atoms with E-state index in [0.717, 1.165) is 24.3 Å². The predicted octanol–water partition coefficient (Wildman–Crippen LogP) is 0.114. The normalized spacial score (nSPS) is 15.9. The van der Waals surface area contributed by atoms with Gasteiger partial charge in [-0.3, -0.25) is 14.5 Å². The number of aryl methyl sites for hydroxylation is 2. The van der Waals surface area contributed by atoms with Crippen LogP contribution in [0, 0.1) is 13.8 Å². The lowest BCUT2D eigenvalue weighted by Gasteiger charge is -2.34. The molecule has 0 aromatic carbocycles. The van der Waals surface area contributed by atoms with Crippen molar-refractivity contribution in [1.29, 1.82) is 0 Å². The van der Waals surface area contributed by atoms with E-state index in [1.54, 1.807) is 0 Å². The van der Waals surface area contributed by atoms with Crippen LogP contribution in [-0.4, -0.2) is 66.0 Å². The molecular weight excluding hydrogens is 284 g/mol. The second kappa shape index (κ2) is 7.40. The lowest BCUT2D eigenvalue weighted by Crippen LogP contribution is -2.51. The average molecular weight is 308 g/mol. The van der Waals surface area contributed by atoms with Gasteiger partial charge in [0, 0.05) is 38.3 Å². The minimum atomic E-state index is 0.0398. The largest absolute Gasteiger partial charge is 0.361 e. The Morgan fingerprint density at radius 3 is 2.45 bits per heavy atom. The van der Waals surface area contributed by atoms with Crippen LogP contribution in [0.3, 0.4) is 0 Å². The van der Waals surface area contributed by atoms with Gasteiger partial charge in [0.05, 0.1) is 18.7 Å². The zero-order valence-corrected chi connectivity index (χ0v) is 13.5. The van der Waals surface area contributed by atoms with Crippen molar-refractivity contribution in [3.05, 3.63) is 17.0 Å². The molecule has 2 rings (SSSR count). The van der Waals surface area contributed by atoms with Crippen molar-refractivity contribution in [1.82, 2.24) is 20.3 Å². The van der Waals surface area contributed by atoms with Gasteiger partial charge >= 0.3 is 0 Å². The maximum Gasteiger partial charge on any atom is 0.234 e. The molecule has 0 atom stereocenters. The average Bonchev–Trinajstić information content (AvgIpc) is 2.80. The zero-order valence-electron chi connectivity index (χ0n) is 13.5. The Hall–Kier alpha value is -1.89. The van der Waals surface area contributed by atoms with Crippen molar-refractivity contribution in [2.45, 2.75) is 27.2 Å². The first-order chi connectivity index (χ1) is 10.5. The van der Waals surface area contributed by atoms with Crippen LogP contribution in [0.15, 0.2) is 4.52 Å². The van der Waals surface area contributed by atoms with Gasteiger partial charge < -0.3 is 14.7 Å². The van der Waals surface area contributed by atoms with Crippen molar-refractivity contribution >= 4 is 11.8 Å². The fourth-order valence-electron chi connectivity index (χ4n) is 2.63. The molecule has 1 aliphatic heterocycles. The van der Waals surface area contributed by atoms with E-state index >= 15 is 0 Å². The highest BCUT2D eigenvalue weighted by molar-refractivity contribution is 5.79. The molecule has 1 saturated heterocycles. The standard InChI is InChI=1S/C15H24N4O3/c1-4-16-14(20)10-18-5-7-19(8-6-18)15(21)9-13-11(2)17-22-12(13)3/h4-10H2,1-3H3,(H,16,20). The van der Waals surface area contributed by atoms with E-state index in [2.05, 4.69) is 15.4 Å². The molecule has 7 nitrogen and oxygen atoms in total. The molecule has 1 N–H and O–H groups in total. The Morgan fingerprint density at radius 2 is 1.91 bits per heavy atom. The summed E-state index contributed by atoms with van der Waals surface area (Å²) in [6.07, 6.45) is 0.331. The Balaban J connectivity index is 1.81. The van der Waals surface area contributed by atoms with Crippen molar-refractivity contribution in [2.24, 2.45) is 0 Å². The molecule has 1 aliphatic rings. The summed E-state index contributed by atoms with van der Waals surface area (Å²) in [5, 5.41) is 6.67. The second-order valence-electron chi connectivity index (χ2n) is 5.59. The third-order valence-corrected chi connectivity index (χ3v) is 3.98. The van der Waals surface area contributed by atoms with Gasteiger partial charge in [-0.25, -0.2) is 0 Å². The molecular formula is C15H24N4O3. The van der Waals surface area contributed by atoms with Gasteiger partial charge in [-0.2, -0.15) is 0 Å². The van der Waals surface area contributed by atoms with E-state index in [0.29, 0.717) is 38.4 Å². The van der Waals surface area contributed by atoms with Crippen LogP contribution in [0.2, 0.25) is 0 Å². The van der Waals surface area contributed by atoms with Crippen molar-refractivity contribution in [3.8, 4) is 0 Å². The number of nitrogens with zero attached hydrogens (tertiary/aromatic N) is 3. The molecule has 1 aromatic heterocycles. The molecule has 2 heterocycles. The van der Waals surface area contributed by atoms with Gasteiger partial charge in [0.2, 0.25) is 11.8 Å². The number of hydrogen-bond donors (Lipinski definition) is 1. The quantitative estimate of drug-likeness (QED) is 0.835. The van der Waals surface area contributed by atoms with Crippen LogP contribution in [0.4, 0.5) is 0 Å². The van der Waals surface area contributed by atoms with Gasteiger partial charge in [0.15, 0.2) is 0 Å². The smallest absolute Gasteiger partial charge is 0.234 e. The monoisotopic (exact) mass is 308 g/mol. The first kappa shape index (κ1) is 16.5. The van der Waals surface area contributed by atoms with Crippen molar-refractivity contribution in [3.63, 3.8) is 0 Å². The summed E-state index contributed by atoms with van der Waals surface area (Å²) in [4.78, 5) is 27.8. The Kier molecular flexibility index (Phi) is 5.54. The molecule has 0 radical (unpaired) electrons. The molecule has 0 unspecified atom stereocenters. The van der Waals surface area contributed by atoms with Gasteiger partial charge in [-0.05, 0) is 20.8 Å². The van der Waals surface area contributed by atoms with E-state index < -0.39 is 0 Å². The number of nitrogens with one attached hydrogen (secondary N) is 1. The maximum atomic E-state index is 12.4. The molecule has 7 heteroatoms. The van der Waals surface area contributed by atoms with Crippen LogP contribution in [-0.2, 0) is 16.0 Å². The fourth-order valence-corrected chi connectivity index (χ4v) is 2.63. The molecule has 0 spiro atoms. The molecule has 2 amide bonds. The molecule has 122 valence electrons. The van der Waals surface area contributed by atoms with E-state index in [-0.39, 0.29) is 11.8 Å². The number of carbonyl (C=O) groups excluding carboxylic acids is 2. The summed E-state index contributed by atoms with van der Waals surface area (Å²) in [6.45, 7) is 9.39. The molecule has 1 aromatic rings. The Labute approximate surface area is 130 Å². The van der Waals surface area contributed by atoms with Crippen LogP contribution in [0.5, 0.6) is 0 Å². The molecule has 0 aliphatic carbocycles. The van der Waals surface area contributed by atoms with Gasteiger partial charge in [0.25, 0.3) is 0 Å². The molecule has 1 fully saturated rings. The molecule has 0 saturated carbocycles. The van der Waals surface area contributed by atoms with Crippen LogP contribution < -0.4 is 5.32 Å². The summed E-state index contributed by atoms with van der Waals surface area (Å²) < 4.78 is 5.09. The summed E-state index contributed by atoms with van der Waals surface area (Å²) in [7, 11) is 0. The minimum Gasteiger partial charge on any atom is -0.361 e. The lowest BCUT2D eigenvalue weighted by molar-refractivity contribution is -0.132. The number of hydrogen-bond acceptors (Lipinski definition) is 5. The summed E-state index contributed by atoms with van der Waals surface area (Å²) in [5.41, 5.74) is 1.66. The van der Waals surface area contributed by atoms with E-state index in [9.17, 15) is 9.59 Å². The van der Waals surface area contributed by atoms with Gasteiger partial charge in [-0.15, -0.1) is 0 Å². The number of rotatable bonds is 5. The third kappa shape index (κ3) is 4.07. The number of carbonyl (C=O) groups is 2. The number of aromatic nitrogens is 1. The highest BCUT2D eigenvalue weighted by Gasteiger charge is 2.24. The van der Waals surface area contributed by atoms with E-state index in [4.69, 9.17) is 4.52 Å². The third-order valence-electron chi connectivity index (χ3n) is 3.98. The Bertz CT molecular complexity index is 513. The van der Waals surface area contributed by atoms with Gasteiger partial charge in [-0.1, -0.05) is 5.16 Å².